The van der Waals surface area contributed by atoms with Crippen molar-refractivity contribution in [1.29, 1.82) is 0 Å². The Morgan fingerprint density at radius 2 is 2.07 bits per heavy atom. The number of aliphatic hydroxyl groups excluding tert-OH is 1. The molecule has 1 nitrogen and oxygen atoms in total. The Morgan fingerprint density at radius 1 is 1.29 bits per heavy atom. The Bertz CT molecular complexity index is 477. The van der Waals surface area contributed by atoms with E-state index in [1.807, 2.05) is 37.3 Å². The minimum Gasteiger partial charge on any atom is -0.392 e. The van der Waals surface area contributed by atoms with Gasteiger partial charge in [0.1, 0.15) is 0 Å². The number of halogens is 1. The first-order valence-electron chi connectivity index (χ1n) is 4.51. The third-order valence-electron chi connectivity index (χ3n) is 2.45. The normalized spacial score (nSPS) is 10.8. The zero-order valence-corrected chi connectivity index (χ0v) is 8.67. The van der Waals surface area contributed by atoms with Crippen LogP contribution in [0, 0.1) is 6.92 Å². The standard InChI is InChI=1S/C12H11ClO/c1-8-5-11-9(6-10(8)7-14)3-2-4-12(11)13/h2-6,14H,7H2,1H3. The van der Waals surface area contributed by atoms with Gasteiger partial charge < -0.3 is 5.11 Å². The number of aliphatic hydroxyl groups is 1. The molecule has 0 aliphatic carbocycles. The van der Waals surface area contributed by atoms with E-state index in [1.54, 1.807) is 0 Å². The minimum absolute atomic E-state index is 0.0777. The average Bonchev–Trinajstić information content (AvgIpc) is 2.19. The predicted octanol–water partition coefficient (Wildman–Crippen LogP) is 3.29. The maximum atomic E-state index is 9.11. The zero-order valence-electron chi connectivity index (χ0n) is 7.92. The van der Waals surface area contributed by atoms with Gasteiger partial charge in [-0.15, -0.1) is 0 Å². The van der Waals surface area contributed by atoms with Gasteiger partial charge in [0.15, 0.2) is 0 Å². The van der Waals surface area contributed by atoms with E-state index in [0.717, 1.165) is 26.9 Å². The number of aryl methyl sites for hydroxylation is 1. The summed E-state index contributed by atoms with van der Waals surface area (Å²) >= 11 is 6.06. The molecule has 0 saturated heterocycles. The van der Waals surface area contributed by atoms with Crippen LogP contribution in [0.15, 0.2) is 30.3 Å². The van der Waals surface area contributed by atoms with Gasteiger partial charge in [0.25, 0.3) is 0 Å². The van der Waals surface area contributed by atoms with Crippen molar-refractivity contribution in [2.45, 2.75) is 13.5 Å². The molecule has 0 amide bonds. The predicted molar refractivity (Wildman–Crippen MR) is 59.6 cm³/mol. The Balaban J connectivity index is 2.79. The highest BCUT2D eigenvalue weighted by atomic mass is 35.5. The highest BCUT2D eigenvalue weighted by Crippen LogP contribution is 2.26. The van der Waals surface area contributed by atoms with Crippen molar-refractivity contribution in [2.75, 3.05) is 0 Å². The molecule has 0 bridgehead atoms. The summed E-state index contributed by atoms with van der Waals surface area (Å²) in [6, 6.07) is 9.79. The molecule has 0 spiro atoms. The van der Waals surface area contributed by atoms with Gasteiger partial charge in [-0.2, -0.15) is 0 Å². The van der Waals surface area contributed by atoms with Crippen LogP contribution in [0.4, 0.5) is 0 Å². The molecule has 0 unspecified atom stereocenters. The summed E-state index contributed by atoms with van der Waals surface area (Å²) in [5.74, 6) is 0. The summed E-state index contributed by atoms with van der Waals surface area (Å²) in [6.07, 6.45) is 0. The molecule has 14 heavy (non-hydrogen) atoms. The summed E-state index contributed by atoms with van der Waals surface area (Å²) in [7, 11) is 0. The topological polar surface area (TPSA) is 20.2 Å². The molecule has 2 heteroatoms. The lowest BCUT2D eigenvalue weighted by atomic mass is 10.0. The van der Waals surface area contributed by atoms with Crippen LogP contribution in [-0.4, -0.2) is 5.11 Å². The average molecular weight is 207 g/mol. The van der Waals surface area contributed by atoms with Crippen LogP contribution in [0.3, 0.4) is 0 Å². The van der Waals surface area contributed by atoms with Crippen LogP contribution in [0.25, 0.3) is 10.8 Å². The van der Waals surface area contributed by atoms with Crippen molar-refractivity contribution in [3.8, 4) is 0 Å². The van der Waals surface area contributed by atoms with Gasteiger partial charge in [0.05, 0.1) is 6.61 Å². The Hall–Kier alpha value is -1.05. The molecule has 0 aliphatic heterocycles. The number of benzene rings is 2. The van der Waals surface area contributed by atoms with Crippen molar-refractivity contribution in [2.24, 2.45) is 0 Å². The van der Waals surface area contributed by atoms with Crippen molar-refractivity contribution in [1.82, 2.24) is 0 Å². The van der Waals surface area contributed by atoms with E-state index in [2.05, 4.69) is 0 Å². The van der Waals surface area contributed by atoms with Gasteiger partial charge in [-0.05, 0) is 41.6 Å². The van der Waals surface area contributed by atoms with Crippen molar-refractivity contribution < 1.29 is 5.11 Å². The molecule has 72 valence electrons. The van der Waals surface area contributed by atoms with E-state index in [0.29, 0.717) is 0 Å². The van der Waals surface area contributed by atoms with Gasteiger partial charge in [-0.3, -0.25) is 0 Å². The first-order chi connectivity index (χ1) is 6.72. The second kappa shape index (κ2) is 3.60. The quantitative estimate of drug-likeness (QED) is 0.759. The molecule has 0 aliphatic rings. The van der Waals surface area contributed by atoms with Gasteiger partial charge >= 0.3 is 0 Å². The molecule has 0 radical (unpaired) electrons. The highest BCUT2D eigenvalue weighted by Gasteiger charge is 2.02. The van der Waals surface area contributed by atoms with E-state index < -0.39 is 0 Å². The molecule has 0 atom stereocenters. The van der Waals surface area contributed by atoms with Crippen molar-refractivity contribution in [3.63, 3.8) is 0 Å². The molecule has 0 aromatic heterocycles. The molecule has 2 aromatic carbocycles. The van der Waals surface area contributed by atoms with Gasteiger partial charge in [0, 0.05) is 10.4 Å². The lowest BCUT2D eigenvalue weighted by Gasteiger charge is -2.06. The third kappa shape index (κ3) is 1.49. The summed E-state index contributed by atoms with van der Waals surface area (Å²) in [4.78, 5) is 0. The number of hydrogen-bond donors (Lipinski definition) is 1. The molecule has 0 heterocycles. The molecular weight excluding hydrogens is 196 g/mol. The number of rotatable bonds is 1. The first-order valence-corrected chi connectivity index (χ1v) is 4.89. The lowest BCUT2D eigenvalue weighted by molar-refractivity contribution is 0.281. The van der Waals surface area contributed by atoms with Gasteiger partial charge in [-0.25, -0.2) is 0 Å². The summed E-state index contributed by atoms with van der Waals surface area (Å²) in [5, 5.41) is 12.0. The maximum Gasteiger partial charge on any atom is 0.0684 e. The largest absolute Gasteiger partial charge is 0.392 e. The smallest absolute Gasteiger partial charge is 0.0684 e. The van der Waals surface area contributed by atoms with Crippen LogP contribution >= 0.6 is 11.6 Å². The van der Waals surface area contributed by atoms with Crippen LogP contribution in [-0.2, 0) is 6.61 Å². The van der Waals surface area contributed by atoms with E-state index in [9.17, 15) is 0 Å². The van der Waals surface area contributed by atoms with E-state index in [4.69, 9.17) is 16.7 Å². The molecule has 0 fully saturated rings. The SMILES string of the molecule is Cc1cc2c(Cl)cccc2cc1CO. The van der Waals surface area contributed by atoms with Crippen molar-refractivity contribution >= 4 is 22.4 Å². The third-order valence-corrected chi connectivity index (χ3v) is 2.78. The monoisotopic (exact) mass is 206 g/mol. The highest BCUT2D eigenvalue weighted by molar-refractivity contribution is 6.35. The van der Waals surface area contributed by atoms with Crippen LogP contribution in [0.1, 0.15) is 11.1 Å². The first kappa shape index (κ1) is 9.50. The fourth-order valence-electron chi connectivity index (χ4n) is 1.61. The summed E-state index contributed by atoms with van der Waals surface area (Å²) < 4.78 is 0. The van der Waals surface area contributed by atoms with Crippen LogP contribution in [0.5, 0.6) is 0 Å². The zero-order chi connectivity index (χ0) is 10.1. The molecule has 2 rings (SSSR count). The Kier molecular flexibility index (Phi) is 2.44. The lowest BCUT2D eigenvalue weighted by Crippen LogP contribution is -1.88. The minimum atomic E-state index is 0.0777. The Morgan fingerprint density at radius 3 is 2.79 bits per heavy atom. The van der Waals surface area contributed by atoms with Crippen LogP contribution < -0.4 is 0 Å². The van der Waals surface area contributed by atoms with E-state index in [-0.39, 0.29) is 6.61 Å². The molecule has 2 aromatic rings. The van der Waals surface area contributed by atoms with Crippen molar-refractivity contribution in [3.05, 3.63) is 46.5 Å². The van der Waals surface area contributed by atoms with E-state index in [1.165, 1.54) is 0 Å². The van der Waals surface area contributed by atoms with Gasteiger partial charge in [0.2, 0.25) is 0 Å². The molecular formula is C12H11ClO. The van der Waals surface area contributed by atoms with Gasteiger partial charge in [-0.1, -0.05) is 23.7 Å². The maximum absolute atomic E-state index is 9.11. The van der Waals surface area contributed by atoms with E-state index >= 15 is 0 Å². The molecule has 1 N–H and O–H groups in total. The summed E-state index contributed by atoms with van der Waals surface area (Å²) in [5.41, 5.74) is 2.04. The number of hydrogen-bond acceptors (Lipinski definition) is 1. The summed E-state index contributed by atoms with van der Waals surface area (Å²) in [6.45, 7) is 2.06. The second-order valence-electron chi connectivity index (χ2n) is 3.40. The second-order valence-corrected chi connectivity index (χ2v) is 3.80. The fraction of sp³-hybridized carbons (Fsp3) is 0.167. The molecule has 0 saturated carbocycles. The number of fused-ring (bicyclic) bond motifs is 1. The van der Waals surface area contributed by atoms with Crippen LogP contribution in [0.2, 0.25) is 5.02 Å². The Labute approximate surface area is 87.9 Å². The fourth-order valence-corrected chi connectivity index (χ4v) is 1.85.